The summed E-state index contributed by atoms with van der Waals surface area (Å²) in [5, 5.41) is 4.64. The molecule has 0 saturated carbocycles. The lowest BCUT2D eigenvalue weighted by molar-refractivity contribution is -0.137. The molecule has 0 radical (unpaired) electrons. The first-order valence-corrected chi connectivity index (χ1v) is 8.89. The highest BCUT2D eigenvalue weighted by molar-refractivity contribution is 5.91. The minimum absolute atomic E-state index is 0.0645. The molecule has 0 bridgehead atoms. The molecular formula is C22H16F3N3O. The Balaban J connectivity index is 1.59. The molecule has 0 spiro atoms. The second-order valence-corrected chi connectivity index (χ2v) is 6.54. The highest BCUT2D eigenvalue weighted by atomic mass is 19.4. The molecule has 29 heavy (non-hydrogen) atoms. The van der Waals surface area contributed by atoms with Crippen LogP contribution in [0.1, 0.15) is 17.0 Å². The number of carbonyl (C=O) groups excluding carboxylic acids is 1. The predicted molar refractivity (Wildman–Crippen MR) is 105 cm³/mol. The molecule has 0 aliphatic rings. The molecule has 1 aromatic heterocycles. The van der Waals surface area contributed by atoms with Crippen LogP contribution >= 0.6 is 0 Å². The zero-order chi connectivity index (χ0) is 20.4. The van der Waals surface area contributed by atoms with Crippen LogP contribution < -0.4 is 5.32 Å². The fourth-order valence-electron chi connectivity index (χ4n) is 3.22. The van der Waals surface area contributed by atoms with Crippen molar-refractivity contribution in [3.8, 4) is 0 Å². The highest BCUT2D eigenvalue weighted by Gasteiger charge is 2.30. The zero-order valence-corrected chi connectivity index (χ0v) is 15.1. The number of hydrogen-bond acceptors (Lipinski definition) is 2. The fraction of sp³-hybridized carbons (Fsp3) is 0.0909. The van der Waals surface area contributed by atoms with E-state index in [9.17, 15) is 18.0 Å². The lowest BCUT2D eigenvalue weighted by Crippen LogP contribution is -2.21. The second kappa shape index (κ2) is 7.43. The van der Waals surface area contributed by atoms with Gasteiger partial charge in [-0.3, -0.25) is 4.57 Å². The summed E-state index contributed by atoms with van der Waals surface area (Å²) in [6, 6.07) is 17.8. The maximum absolute atomic E-state index is 12.9. The van der Waals surface area contributed by atoms with Crippen LogP contribution in [0.4, 0.5) is 23.7 Å². The van der Waals surface area contributed by atoms with Crippen LogP contribution in [0.25, 0.3) is 10.8 Å². The summed E-state index contributed by atoms with van der Waals surface area (Å²) in [6.07, 6.45) is -1.09. The molecule has 0 fully saturated rings. The van der Waals surface area contributed by atoms with Gasteiger partial charge in [-0.25, -0.2) is 9.78 Å². The molecule has 0 aliphatic heterocycles. The molecule has 1 N–H and O–H groups in total. The normalized spacial score (nSPS) is 11.6. The van der Waals surface area contributed by atoms with Crippen LogP contribution in [-0.2, 0) is 12.6 Å². The van der Waals surface area contributed by atoms with Gasteiger partial charge < -0.3 is 5.32 Å². The summed E-state index contributed by atoms with van der Waals surface area (Å²) >= 11 is 0. The van der Waals surface area contributed by atoms with Gasteiger partial charge in [0.25, 0.3) is 0 Å². The van der Waals surface area contributed by atoms with Gasteiger partial charge in [0.15, 0.2) is 0 Å². The minimum atomic E-state index is -4.48. The number of halogens is 3. The molecule has 146 valence electrons. The number of rotatable bonds is 3. The first kappa shape index (κ1) is 18.7. The van der Waals surface area contributed by atoms with Crippen molar-refractivity contribution in [1.29, 1.82) is 0 Å². The number of anilines is 1. The summed E-state index contributed by atoms with van der Waals surface area (Å²) in [4.78, 5) is 16.9. The van der Waals surface area contributed by atoms with Crippen LogP contribution in [0.3, 0.4) is 0 Å². The number of alkyl halides is 3. The van der Waals surface area contributed by atoms with Gasteiger partial charge >= 0.3 is 12.2 Å². The van der Waals surface area contributed by atoms with E-state index in [0.717, 1.165) is 28.5 Å². The average Bonchev–Trinajstić information content (AvgIpc) is 3.16. The Hall–Kier alpha value is -3.61. The average molecular weight is 395 g/mol. The van der Waals surface area contributed by atoms with Crippen LogP contribution in [0.5, 0.6) is 0 Å². The van der Waals surface area contributed by atoms with E-state index in [1.807, 2.05) is 42.5 Å². The molecule has 1 heterocycles. The van der Waals surface area contributed by atoms with Gasteiger partial charge in [-0.15, -0.1) is 0 Å². The van der Waals surface area contributed by atoms with E-state index < -0.39 is 17.8 Å². The lowest BCUT2D eigenvalue weighted by Gasteiger charge is -2.12. The van der Waals surface area contributed by atoms with Gasteiger partial charge in [0, 0.05) is 24.5 Å². The van der Waals surface area contributed by atoms with Crippen LogP contribution in [0.2, 0.25) is 0 Å². The van der Waals surface area contributed by atoms with E-state index in [4.69, 9.17) is 0 Å². The van der Waals surface area contributed by atoms with Crippen molar-refractivity contribution in [2.24, 2.45) is 0 Å². The second-order valence-electron chi connectivity index (χ2n) is 6.54. The van der Waals surface area contributed by atoms with E-state index in [1.54, 1.807) is 0 Å². The monoisotopic (exact) mass is 395 g/mol. The molecule has 4 rings (SSSR count). The number of hydrogen-bond donors (Lipinski definition) is 1. The first-order chi connectivity index (χ1) is 13.9. The number of benzene rings is 3. The van der Waals surface area contributed by atoms with E-state index in [2.05, 4.69) is 10.3 Å². The van der Waals surface area contributed by atoms with E-state index >= 15 is 0 Å². The molecule has 0 aliphatic carbocycles. The number of aromatic nitrogens is 2. The molecule has 1 amide bonds. The number of nitrogens with zero attached hydrogens (tertiary/aromatic N) is 2. The van der Waals surface area contributed by atoms with Gasteiger partial charge in [-0.1, -0.05) is 48.5 Å². The molecule has 0 atom stereocenters. The Labute approximate surface area is 164 Å². The summed E-state index contributed by atoms with van der Waals surface area (Å²) < 4.78 is 40.0. The first-order valence-electron chi connectivity index (χ1n) is 8.89. The van der Waals surface area contributed by atoms with Gasteiger partial charge in [-0.2, -0.15) is 13.2 Å². The van der Waals surface area contributed by atoms with Crippen molar-refractivity contribution >= 4 is 22.5 Å². The Morgan fingerprint density at radius 1 is 1.00 bits per heavy atom. The van der Waals surface area contributed by atoms with E-state index in [-0.39, 0.29) is 5.69 Å². The molecular weight excluding hydrogens is 379 g/mol. The van der Waals surface area contributed by atoms with Crippen LogP contribution in [-0.4, -0.2) is 15.6 Å². The van der Waals surface area contributed by atoms with Gasteiger partial charge in [0.1, 0.15) is 5.82 Å². The summed E-state index contributed by atoms with van der Waals surface area (Å²) in [5.74, 6) is 0.492. The quantitative estimate of drug-likeness (QED) is 0.482. The molecule has 3 aromatic carbocycles. The maximum atomic E-state index is 12.9. The zero-order valence-electron chi connectivity index (χ0n) is 15.1. The van der Waals surface area contributed by atoms with Crippen molar-refractivity contribution in [2.45, 2.75) is 12.6 Å². The number of imidazole rings is 1. The number of fused-ring (bicyclic) bond motifs is 1. The maximum Gasteiger partial charge on any atom is 0.416 e. The van der Waals surface area contributed by atoms with Crippen LogP contribution in [0.15, 0.2) is 79.1 Å². The number of nitrogens with one attached hydrogen (secondary N) is 1. The highest BCUT2D eigenvalue weighted by Crippen LogP contribution is 2.30. The topological polar surface area (TPSA) is 46.9 Å². The van der Waals surface area contributed by atoms with E-state index in [0.29, 0.717) is 12.2 Å². The predicted octanol–water partition coefficient (Wildman–Crippen LogP) is 5.73. The van der Waals surface area contributed by atoms with Gasteiger partial charge in [-0.05, 0) is 34.5 Å². The molecule has 4 aromatic rings. The molecule has 7 heteroatoms. The molecule has 4 nitrogen and oxygen atoms in total. The van der Waals surface area contributed by atoms with Gasteiger partial charge in [0.05, 0.1) is 5.56 Å². The van der Waals surface area contributed by atoms with Crippen LogP contribution in [0, 0.1) is 0 Å². The third-order valence-corrected chi connectivity index (χ3v) is 4.61. The van der Waals surface area contributed by atoms with E-state index in [1.165, 1.54) is 29.1 Å². The van der Waals surface area contributed by atoms with Crippen molar-refractivity contribution in [3.63, 3.8) is 0 Å². The van der Waals surface area contributed by atoms with Gasteiger partial charge in [0.2, 0.25) is 0 Å². The molecule has 0 unspecified atom stereocenters. The third kappa shape index (κ3) is 3.99. The molecule has 0 saturated heterocycles. The third-order valence-electron chi connectivity index (χ3n) is 4.61. The minimum Gasteiger partial charge on any atom is -0.307 e. The summed E-state index contributed by atoms with van der Waals surface area (Å²) in [6.45, 7) is 0. The lowest BCUT2D eigenvalue weighted by atomic mass is 10.0. The Morgan fingerprint density at radius 2 is 1.76 bits per heavy atom. The fourth-order valence-corrected chi connectivity index (χ4v) is 3.22. The standard InChI is InChI=1S/C22H16F3N3O/c23-22(24,25)17-8-4-9-18(14-17)27-21(29)28-12-11-26-20(28)13-16-7-3-6-15-5-1-2-10-19(15)16/h1-12,14H,13H2,(H,27,29). The summed E-state index contributed by atoms with van der Waals surface area (Å²) in [5.41, 5.74) is 0.244. The number of carbonyl (C=O) groups is 1. The largest absolute Gasteiger partial charge is 0.416 e. The number of amides is 1. The van der Waals surface area contributed by atoms with Crippen molar-refractivity contribution in [1.82, 2.24) is 9.55 Å². The summed E-state index contributed by atoms with van der Waals surface area (Å²) in [7, 11) is 0. The van der Waals surface area contributed by atoms with Crippen molar-refractivity contribution < 1.29 is 18.0 Å². The Morgan fingerprint density at radius 3 is 2.59 bits per heavy atom. The SMILES string of the molecule is O=C(Nc1cccc(C(F)(F)F)c1)n1ccnc1Cc1cccc2ccccc12. The van der Waals surface area contributed by atoms with Crippen molar-refractivity contribution in [2.75, 3.05) is 5.32 Å². The smallest absolute Gasteiger partial charge is 0.307 e. The Kier molecular flexibility index (Phi) is 4.80. The van der Waals surface area contributed by atoms with Crippen molar-refractivity contribution in [3.05, 3.63) is 96.1 Å². The Bertz CT molecular complexity index is 1180.